The minimum absolute atomic E-state index is 0.253. The molecule has 0 spiro atoms. The summed E-state index contributed by atoms with van der Waals surface area (Å²) in [6.45, 7) is 9.44. The SMILES string of the molecule is CN=C(NCC1CN(CC(C)C)CCO1)NC1CCC(SC)C1. The average molecular weight is 343 g/mol. The maximum Gasteiger partial charge on any atom is 0.191 e. The fourth-order valence-electron chi connectivity index (χ4n) is 3.47. The summed E-state index contributed by atoms with van der Waals surface area (Å²) in [4.78, 5) is 6.88. The molecule has 3 atom stereocenters. The third kappa shape index (κ3) is 6.51. The molecular formula is C17H34N4OS. The van der Waals surface area contributed by atoms with Crippen molar-refractivity contribution >= 4 is 17.7 Å². The summed E-state index contributed by atoms with van der Waals surface area (Å²) in [7, 11) is 1.85. The van der Waals surface area contributed by atoms with Crippen LogP contribution >= 0.6 is 11.8 Å². The van der Waals surface area contributed by atoms with Gasteiger partial charge in [-0.05, 0) is 31.4 Å². The molecule has 0 amide bonds. The maximum absolute atomic E-state index is 5.90. The van der Waals surface area contributed by atoms with Gasteiger partial charge < -0.3 is 15.4 Å². The molecule has 3 unspecified atom stereocenters. The second-order valence-corrected chi connectivity index (χ2v) is 8.25. The molecule has 2 rings (SSSR count). The Bertz CT molecular complexity index is 378. The van der Waals surface area contributed by atoms with Crippen molar-refractivity contribution < 1.29 is 4.74 Å². The van der Waals surface area contributed by atoms with E-state index >= 15 is 0 Å². The highest BCUT2D eigenvalue weighted by atomic mass is 32.2. The maximum atomic E-state index is 5.90. The number of nitrogens with one attached hydrogen (secondary N) is 2. The Morgan fingerprint density at radius 1 is 1.39 bits per heavy atom. The highest BCUT2D eigenvalue weighted by Gasteiger charge is 2.25. The second-order valence-electron chi connectivity index (χ2n) is 7.11. The van der Waals surface area contributed by atoms with E-state index in [1.165, 1.54) is 19.3 Å². The van der Waals surface area contributed by atoms with Crippen molar-refractivity contribution in [3.8, 4) is 0 Å². The largest absolute Gasteiger partial charge is 0.374 e. The van der Waals surface area contributed by atoms with Crippen LogP contribution in [0.4, 0.5) is 0 Å². The van der Waals surface area contributed by atoms with Gasteiger partial charge in [-0.2, -0.15) is 11.8 Å². The quantitative estimate of drug-likeness (QED) is 0.569. The smallest absolute Gasteiger partial charge is 0.191 e. The van der Waals surface area contributed by atoms with E-state index in [9.17, 15) is 0 Å². The highest BCUT2D eigenvalue weighted by molar-refractivity contribution is 7.99. The van der Waals surface area contributed by atoms with Crippen LogP contribution in [0.25, 0.3) is 0 Å². The van der Waals surface area contributed by atoms with E-state index in [2.05, 4.69) is 40.6 Å². The molecule has 1 saturated carbocycles. The van der Waals surface area contributed by atoms with Crippen LogP contribution in [0, 0.1) is 5.92 Å². The lowest BCUT2D eigenvalue weighted by atomic mass is 10.2. The van der Waals surface area contributed by atoms with Crippen molar-refractivity contribution in [2.24, 2.45) is 10.9 Å². The summed E-state index contributed by atoms with van der Waals surface area (Å²) in [5.74, 6) is 1.63. The molecule has 5 nitrogen and oxygen atoms in total. The van der Waals surface area contributed by atoms with Crippen LogP contribution in [0.2, 0.25) is 0 Å². The predicted molar refractivity (Wildman–Crippen MR) is 100 cm³/mol. The van der Waals surface area contributed by atoms with E-state index < -0.39 is 0 Å². The number of hydrogen-bond acceptors (Lipinski definition) is 4. The number of ether oxygens (including phenoxy) is 1. The molecule has 2 fully saturated rings. The zero-order valence-electron chi connectivity index (χ0n) is 15.2. The van der Waals surface area contributed by atoms with Gasteiger partial charge in [0.25, 0.3) is 0 Å². The third-order valence-electron chi connectivity index (χ3n) is 4.63. The Hall–Kier alpha value is -0.460. The number of morpholine rings is 1. The van der Waals surface area contributed by atoms with Gasteiger partial charge in [-0.15, -0.1) is 0 Å². The van der Waals surface area contributed by atoms with Gasteiger partial charge in [0.1, 0.15) is 0 Å². The predicted octanol–water partition coefficient (Wildman–Crippen LogP) is 1.79. The van der Waals surface area contributed by atoms with Gasteiger partial charge in [-0.25, -0.2) is 0 Å². The first-order valence-corrected chi connectivity index (χ1v) is 10.2. The Kier molecular flexibility index (Phi) is 7.99. The van der Waals surface area contributed by atoms with Crippen LogP contribution in [0.1, 0.15) is 33.1 Å². The lowest BCUT2D eigenvalue weighted by molar-refractivity contribution is -0.0284. The summed E-state index contributed by atoms with van der Waals surface area (Å²) >= 11 is 1.99. The molecular weight excluding hydrogens is 308 g/mol. The Morgan fingerprint density at radius 3 is 2.87 bits per heavy atom. The number of hydrogen-bond donors (Lipinski definition) is 2. The lowest BCUT2D eigenvalue weighted by Gasteiger charge is -2.34. The minimum Gasteiger partial charge on any atom is -0.374 e. The monoisotopic (exact) mass is 342 g/mol. The Labute approximate surface area is 146 Å². The molecule has 1 heterocycles. The Morgan fingerprint density at radius 2 is 2.22 bits per heavy atom. The summed E-state index contributed by atoms with van der Waals surface area (Å²) in [5, 5.41) is 7.83. The molecule has 0 bridgehead atoms. The second kappa shape index (κ2) is 9.74. The van der Waals surface area contributed by atoms with E-state index in [0.717, 1.165) is 44.0 Å². The molecule has 134 valence electrons. The molecule has 0 aromatic heterocycles. The molecule has 0 radical (unpaired) electrons. The average Bonchev–Trinajstić information content (AvgIpc) is 2.99. The van der Waals surface area contributed by atoms with Gasteiger partial charge in [0, 0.05) is 44.5 Å². The van der Waals surface area contributed by atoms with Gasteiger partial charge in [0.05, 0.1) is 12.7 Å². The Balaban J connectivity index is 1.70. The number of rotatable bonds is 6. The van der Waals surface area contributed by atoms with Crippen molar-refractivity contribution in [2.45, 2.75) is 50.5 Å². The van der Waals surface area contributed by atoms with Gasteiger partial charge in [0.2, 0.25) is 0 Å². The molecule has 0 aromatic carbocycles. The zero-order chi connectivity index (χ0) is 16.7. The molecule has 1 aliphatic carbocycles. The topological polar surface area (TPSA) is 48.9 Å². The molecule has 1 saturated heterocycles. The molecule has 23 heavy (non-hydrogen) atoms. The van der Waals surface area contributed by atoms with Crippen LogP contribution in [0.5, 0.6) is 0 Å². The van der Waals surface area contributed by atoms with Gasteiger partial charge in [0.15, 0.2) is 5.96 Å². The van der Waals surface area contributed by atoms with E-state index in [0.29, 0.717) is 12.0 Å². The first-order chi connectivity index (χ1) is 11.1. The van der Waals surface area contributed by atoms with Crippen LogP contribution in [0.15, 0.2) is 4.99 Å². The van der Waals surface area contributed by atoms with Crippen LogP contribution in [-0.2, 0) is 4.74 Å². The molecule has 1 aliphatic heterocycles. The minimum atomic E-state index is 0.253. The number of aliphatic imine (C=N–C) groups is 1. The molecule has 6 heteroatoms. The normalized spacial score (nSPS) is 30.0. The summed E-state index contributed by atoms with van der Waals surface area (Å²) < 4.78 is 5.90. The zero-order valence-corrected chi connectivity index (χ0v) is 16.0. The summed E-state index contributed by atoms with van der Waals surface area (Å²) in [6, 6.07) is 0.559. The van der Waals surface area contributed by atoms with Crippen molar-refractivity contribution in [2.75, 3.05) is 46.1 Å². The highest BCUT2D eigenvalue weighted by Crippen LogP contribution is 2.27. The van der Waals surface area contributed by atoms with Crippen LogP contribution < -0.4 is 10.6 Å². The van der Waals surface area contributed by atoms with E-state index in [1.54, 1.807) is 0 Å². The molecule has 0 aromatic rings. The summed E-state index contributed by atoms with van der Waals surface area (Å²) in [5.41, 5.74) is 0. The first-order valence-electron chi connectivity index (χ1n) is 8.94. The standard InChI is InChI=1S/C17H34N4OS/c1-13(2)11-21-7-8-22-15(12-21)10-19-17(18-3)20-14-5-6-16(9-14)23-4/h13-16H,5-12H2,1-4H3,(H2,18,19,20). The van der Waals surface area contributed by atoms with Gasteiger partial charge >= 0.3 is 0 Å². The van der Waals surface area contributed by atoms with Crippen molar-refractivity contribution in [1.29, 1.82) is 0 Å². The fourth-order valence-corrected chi connectivity index (χ4v) is 4.27. The summed E-state index contributed by atoms with van der Waals surface area (Å²) in [6.07, 6.45) is 6.26. The van der Waals surface area contributed by atoms with Crippen LogP contribution in [0.3, 0.4) is 0 Å². The molecule has 2 aliphatic rings. The van der Waals surface area contributed by atoms with Crippen molar-refractivity contribution in [3.05, 3.63) is 0 Å². The molecule has 2 N–H and O–H groups in total. The van der Waals surface area contributed by atoms with Gasteiger partial charge in [-0.1, -0.05) is 13.8 Å². The number of nitrogens with zero attached hydrogens (tertiary/aromatic N) is 2. The lowest BCUT2D eigenvalue weighted by Crippen LogP contribution is -2.51. The number of thioether (sulfide) groups is 1. The van der Waals surface area contributed by atoms with Crippen molar-refractivity contribution in [1.82, 2.24) is 15.5 Å². The van der Waals surface area contributed by atoms with E-state index in [-0.39, 0.29) is 6.10 Å². The van der Waals surface area contributed by atoms with E-state index in [4.69, 9.17) is 4.74 Å². The number of guanidine groups is 1. The van der Waals surface area contributed by atoms with Crippen LogP contribution in [-0.4, -0.2) is 74.3 Å². The fraction of sp³-hybridized carbons (Fsp3) is 0.941. The third-order valence-corrected chi connectivity index (χ3v) is 5.72. The first kappa shape index (κ1) is 18.9. The van der Waals surface area contributed by atoms with Gasteiger partial charge in [-0.3, -0.25) is 9.89 Å². The van der Waals surface area contributed by atoms with Crippen molar-refractivity contribution in [3.63, 3.8) is 0 Å². The van der Waals surface area contributed by atoms with E-state index in [1.807, 2.05) is 18.8 Å².